The second kappa shape index (κ2) is 6.47. The Hall–Kier alpha value is -2.42. The Labute approximate surface area is 144 Å². The highest BCUT2D eigenvalue weighted by atomic mass is 32.2. The number of benzene rings is 1. The van der Waals surface area contributed by atoms with Crippen LogP contribution >= 0.6 is 0 Å². The molecule has 2 aromatic rings. The third kappa shape index (κ3) is 3.81. The molecule has 0 saturated heterocycles. The molecular formula is C16H18FN3O4S. The summed E-state index contributed by atoms with van der Waals surface area (Å²) in [6, 6.07) is 2.98. The molecule has 2 N–H and O–H groups in total. The lowest BCUT2D eigenvalue weighted by Gasteiger charge is -2.07. The number of anilines is 1. The summed E-state index contributed by atoms with van der Waals surface area (Å²) >= 11 is 0. The molecular weight excluding hydrogens is 349 g/mol. The average molecular weight is 367 g/mol. The van der Waals surface area contributed by atoms with Gasteiger partial charge in [0.05, 0.1) is 11.3 Å². The topological polar surface area (TPSA) is 101 Å². The number of sulfonamides is 1. The molecule has 0 aliphatic heterocycles. The van der Waals surface area contributed by atoms with Crippen molar-refractivity contribution in [3.63, 3.8) is 0 Å². The van der Waals surface area contributed by atoms with Crippen molar-refractivity contribution in [3.05, 3.63) is 41.6 Å². The van der Waals surface area contributed by atoms with Crippen LogP contribution < -0.4 is 4.72 Å². The van der Waals surface area contributed by atoms with Crippen LogP contribution in [0.3, 0.4) is 0 Å². The van der Waals surface area contributed by atoms with Gasteiger partial charge in [0.1, 0.15) is 11.6 Å². The standard InChI is InChI=1S/C16H18FN3O4S/c1-2-14-18-15(9-20(14)8-10-3-4-10)25(23,24)19-13-6-5-11(16(21)22)7-12(13)17/h5-7,9-10,19H,2-4,8H2,1H3,(H,21,22). The Kier molecular flexibility index (Phi) is 4.51. The number of carbonyl (C=O) groups is 1. The first-order valence-electron chi connectivity index (χ1n) is 7.92. The first-order valence-corrected chi connectivity index (χ1v) is 9.40. The summed E-state index contributed by atoms with van der Waals surface area (Å²) in [6.45, 7) is 2.62. The van der Waals surface area contributed by atoms with Gasteiger partial charge in [-0.15, -0.1) is 0 Å². The van der Waals surface area contributed by atoms with Crippen molar-refractivity contribution in [1.29, 1.82) is 0 Å². The van der Waals surface area contributed by atoms with Gasteiger partial charge >= 0.3 is 5.97 Å². The zero-order valence-corrected chi connectivity index (χ0v) is 14.4. The molecule has 1 aliphatic carbocycles. The molecule has 0 amide bonds. The summed E-state index contributed by atoms with van der Waals surface area (Å²) in [5.74, 6) is -1.03. The van der Waals surface area contributed by atoms with E-state index in [0.717, 1.165) is 37.6 Å². The van der Waals surface area contributed by atoms with E-state index in [1.54, 1.807) is 0 Å². The van der Waals surface area contributed by atoms with E-state index in [1.165, 1.54) is 6.20 Å². The molecule has 134 valence electrons. The van der Waals surface area contributed by atoms with E-state index >= 15 is 0 Å². The number of rotatable bonds is 7. The van der Waals surface area contributed by atoms with Gasteiger partial charge in [0.25, 0.3) is 10.0 Å². The fourth-order valence-electron chi connectivity index (χ4n) is 2.50. The van der Waals surface area contributed by atoms with Crippen molar-refractivity contribution < 1.29 is 22.7 Å². The van der Waals surface area contributed by atoms with Crippen molar-refractivity contribution in [2.24, 2.45) is 5.92 Å². The van der Waals surface area contributed by atoms with Crippen LogP contribution in [0.25, 0.3) is 0 Å². The number of hydrogen-bond donors (Lipinski definition) is 2. The minimum Gasteiger partial charge on any atom is -0.478 e. The van der Waals surface area contributed by atoms with Crippen LogP contribution in [0.1, 0.15) is 35.9 Å². The van der Waals surface area contributed by atoms with E-state index in [-0.39, 0.29) is 16.3 Å². The summed E-state index contributed by atoms with van der Waals surface area (Å²) in [5, 5.41) is 8.66. The molecule has 1 aliphatic rings. The van der Waals surface area contributed by atoms with Crippen molar-refractivity contribution in [3.8, 4) is 0 Å². The predicted octanol–water partition coefficient (Wildman–Crippen LogP) is 2.49. The van der Waals surface area contributed by atoms with Crippen LogP contribution in [-0.4, -0.2) is 29.0 Å². The summed E-state index contributed by atoms with van der Waals surface area (Å²) in [7, 11) is -4.07. The Bertz CT molecular complexity index is 919. The molecule has 0 unspecified atom stereocenters. The number of nitrogens with one attached hydrogen (secondary N) is 1. The quantitative estimate of drug-likeness (QED) is 0.783. The van der Waals surface area contributed by atoms with Gasteiger partial charge in [-0.05, 0) is 37.0 Å². The molecule has 1 aromatic heterocycles. The zero-order valence-electron chi connectivity index (χ0n) is 13.6. The van der Waals surface area contributed by atoms with Crippen molar-refractivity contribution in [2.75, 3.05) is 4.72 Å². The second-order valence-corrected chi connectivity index (χ2v) is 7.68. The van der Waals surface area contributed by atoms with Crippen molar-refractivity contribution in [1.82, 2.24) is 9.55 Å². The van der Waals surface area contributed by atoms with Gasteiger partial charge in [0.2, 0.25) is 0 Å². The fourth-order valence-corrected chi connectivity index (χ4v) is 3.56. The van der Waals surface area contributed by atoms with Crippen molar-refractivity contribution >= 4 is 21.7 Å². The van der Waals surface area contributed by atoms with E-state index < -0.39 is 21.8 Å². The van der Waals surface area contributed by atoms with Crippen LogP contribution in [0.2, 0.25) is 0 Å². The molecule has 0 radical (unpaired) electrons. The second-order valence-electron chi connectivity index (χ2n) is 6.05. The molecule has 3 rings (SSSR count). The molecule has 1 heterocycles. The molecule has 0 spiro atoms. The highest BCUT2D eigenvalue weighted by Gasteiger charge is 2.26. The molecule has 1 fully saturated rings. The first kappa shape index (κ1) is 17.4. The monoisotopic (exact) mass is 367 g/mol. The third-order valence-electron chi connectivity index (χ3n) is 4.04. The normalized spacial score (nSPS) is 14.5. The van der Waals surface area contributed by atoms with Gasteiger partial charge in [-0.3, -0.25) is 4.72 Å². The smallest absolute Gasteiger partial charge is 0.335 e. The lowest BCUT2D eigenvalue weighted by molar-refractivity contribution is 0.0696. The molecule has 9 heteroatoms. The van der Waals surface area contributed by atoms with E-state index in [0.29, 0.717) is 18.2 Å². The van der Waals surface area contributed by atoms with Crippen LogP contribution in [0.4, 0.5) is 10.1 Å². The number of imidazole rings is 1. The van der Waals surface area contributed by atoms with E-state index in [4.69, 9.17) is 5.11 Å². The molecule has 25 heavy (non-hydrogen) atoms. The minimum absolute atomic E-state index is 0.174. The van der Waals surface area contributed by atoms with Crippen LogP contribution in [0.5, 0.6) is 0 Å². The van der Waals surface area contributed by atoms with Gasteiger partial charge in [-0.2, -0.15) is 8.42 Å². The maximum atomic E-state index is 14.0. The third-order valence-corrected chi connectivity index (χ3v) is 5.28. The average Bonchev–Trinajstić information content (AvgIpc) is 3.26. The van der Waals surface area contributed by atoms with E-state index in [2.05, 4.69) is 9.71 Å². The largest absolute Gasteiger partial charge is 0.478 e. The minimum atomic E-state index is -4.07. The fraction of sp³-hybridized carbons (Fsp3) is 0.375. The Morgan fingerprint density at radius 1 is 1.44 bits per heavy atom. The van der Waals surface area contributed by atoms with Gasteiger partial charge in [-0.25, -0.2) is 14.2 Å². The van der Waals surface area contributed by atoms with Gasteiger partial charge in [-0.1, -0.05) is 6.92 Å². The summed E-state index contributed by atoms with van der Waals surface area (Å²) in [4.78, 5) is 15.0. The maximum Gasteiger partial charge on any atom is 0.335 e. The number of aromatic carboxylic acids is 1. The van der Waals surface area contributed by atoms with Crippen LogP contribution in [0, 0.1) is 11.7 Å². The number of carboxylic acid groups (broad SMARTS) is 1. The Balaban J connectivity index is 1.86. The van der Waals surface area contributed by atoms with Gasteiger partial charge < -0.3 is 9.67 Å². The number of carboxylic acids is 1. The van der Waals surface area contributed by atoms with Crippen LogP contribution in [0.15, 0.2) is 29.4 Å². The van der Waals surface area contributed by atoms with E-state index in [1.807, 2.05) is 11.5 Å². The number of nitrogens with zero attached hydrogens (tertiary/aromatic N) is 2. The maximum absolute atomic E-state index is 14.0. The van der Waals surface area contributed by atoms with Crippen LogP contribution in [-0.2, 0) is 23.0 Å². The number of hydrogen-bond acceptors (Lipinski definition) is 4. The molecule has 7 nitrogen and oxygen atoms in total. The molecule has 1 aromatic carbocycles. The lowest BCUT2D eigenvalue weighted by atomic mass is 10.2. The van der Waals surface area contributed by atoms with E-state index in [9.17, 15) is 17.6 Å². The molecule has 1 saturated carbocycles. The molecule has 0 bridgehead atoms. The first-order chi connectivity index (χ1) is 11.8. The van der Waals surface area contributed by atoms with Gasteiger partial charge in [0, 0.05) is 19.2 Å². The lowest BCUT2D eigenvalue weighted by Crippen LogP contribution is -2.15. The Morgan fingerprint density at radius 3 is 2.72 bits per heavy atom. The highest BCUT2D eigenvalue weighted by molar-refractivity contribution is 7.92. The van der Waals surface area contributed by atoms with Gasteiger partial charge in [0.15, 0.2) is 5.03 Å². The summed E-state index contributed by atoms with van der Waals surface area (Å²) in [6.07, 6.45) is 4.30. The number of aryl methyl sites for hydroxylation is 1. The summed E-state index contributed by atoms with van der Waals surface area (Å²) < 4.78 is 42.9. The summed E-state index contributed by atoms with van der Waals surface area (Å²) in [5.41, 5.74) is -0.581. The van der Waals surface area contributed by atoms with Crippen molar-refractivity contribution in [2.45, 2.75) is 37.8 Å². The number of aromatic nitrogens is 2. The Morgan fingerprint density at radius 2 is 2.16 bits per heavy atom. The SMILES string of the molecule is CCc1nc(S(=O)(=O)Nc2ccc(C(=O)O)cc2F)cn1CC1CC1. The zero-order chi connectivity index (χ0) is 18.2. The molecule has 0 atom stereocenters. The number of halogens is 1. The highest BCUT2D eigenvalue weighted by Crippen LogP contribution is 2.31. The predicted molar refractivity (Wildman–Crippen MR) is 88.5 cm³/mol.